The molecule has 0 fully saturated rings. The van der Waals surface area contributed by atoms with Crippen molar-refractivity contribution in [2.45, 2.75) is 4.90 Å². The average molecular weight is 292 g/mol. The van der Waals surface area contributed by atoms with Gasteiger partial charge in [0.25, 0.3) is 5.69 Å². The van der Waals surface area contributed by atoms with Crippen molar-refractivity contribution in [2.75, 3.05) is 6.26 Å². The summed E-state index contributed by atoms with van der Waals surface area (Å²) >= 11 is 4.31. The van der Waals surface area contributed by atoms with E-state index in [1.54, 1.807) is 6.26 Å². The van der Waals surface area contributed by atoms with Crippen LogP contribution in [0.4, 0.5) is 5.69 Å². The Kier molecular flexibility index (Phi) is 3.70. The van der Waals surface area contributed by atoms with Crippen molar-refractivity contribution in [3.05, 3.63) is 32.3 Å². The van der Waals surface area contributed by atoms with E-state index in [-0.39, 0.29) is 10.0 Å². The number of hydrogen-bond donors (Lipinski definition) is 1. The minimum atomic E-state index is -1.31. The molecule has 7 heteroatoms. The molecule has 0 aromatic heterocycles. The van der Waals surface area contributed by atoms with E-state index in [9.17, 15) is 14.9 Å². The fourth-order valence-electron chi connectivity index (χ4n) is 1.04. The second-order valence-corrected chi connectivity index (χ2v) is 4.30. The van der Waals surface area contributed by atoms with Crippen molar-refractivity contribution in [1.82, 2.24) is 0 Å². The minimum absolute atomic E-state index is 0.178. The molecule has 0 bridgehead atoms. The highest BCUT2D eigenvalue weighted by Gasteiger charge is 2.24. The van der Waals surface area contributed by atoms with Crippen LogP contribution < -0.4 is 0 Å². The fraction of sp³-hybridized carbons (Fsp3) is 0.125. The zero-order chi connectivity index (χ0) is 11.6. The molecule has 80 valence electrons. The van der Waals surface area contributed by atoms with Crippen LogP contribution in [0.3, 0.4) is 0 Å². The van der Waals surface area contributed by atoms with Crippen molar-refractivity contribution in [2.24, 2.45) is 0 Å². The number of carbonyl (C=O) groups is 1. The number of nitrogens with zero attached hydrogens (tertiary/aromatic N) is 1. The van der Waals surface area contributed by atoms with Gasteiger partial charge in [-0.2, -0.15) is 0 Å². The fourth-order valence-corrected chi connectivity index (χ4v) is 2.27. The van der Waals surface area contributed by atoms with Crippen LogP contribution in [-0.2, 0) is 0 Å². The van der Waals surface area contributed by atoms with Gasteiger partial charge in [-0.05, 0) is 34.3 Å². The van der Waals surface area contributed by atoms with Crippen molar-refractivity contribution in [3.8, 4) is 0 Å². The number of aromatic carboxylic acids is 1. The number of benzene rings is 1. The number of carboxylic acid groups (broad SMARTS) is 1. The van der Waals surface area contributed by atoms with Gasteiger partial charge >= 0.3 is 5.97 Å². The summed E-state index contributed by atoms with van der Waals surface area (Å²) in [6.07, 6.45) is 1.76. The summed E-state index contributed by atoms with van der Waals surface area (Å²) in [7, 11) is 0. The predicted octanol–water partition coefficient (Wildman–Crippen LogP) is 2.78. The normalized spacial score (nSPS) is 10.0. The minimum Gasteiger partial charge on any atom is -0.477 e. The molecule has 0 radical (unpaired) electrons. The first kappa shape index (κ1) is 12.0. The first-order valence-electron chi connectivity index (χ1n) is 3.72. The Morgan fingerprint density at radius 2 is 2.20 bits per heavy atom. The molecule has 0 aliphatic rings. The zero-order valence-electron chi connectivity index (χ0n) is 7.56. The van der Waals surface area contributed by atoms with Crippen LogP contribution in [0.5, 0.6) is 0 Å². The van der Waals surface area contributed by atoms with Gasteiger partial charge in [0, 0.05) is 4.90 Å². The van der Waals surface area contributed by atoms with E-state index in [4.69, 9.17) is 5.11 Å². The molecule has 1 aromatic carbocycles. The highest BCUT2D eigenvalue weighted by Crippen LogP contribution is 2.33. The number of halogens is 1. The molecule has 0 atom stereocenters. The highest BCUT2D eigenvalue weighted by atomic mass is 79.9. The number of thioether (sulfide) groups is 1. The van der Waals surface area contributed by atoms with E-state index in [2.05, 4.69) is 15.9 Å². The summed E-state index contributed by atoms with van der Waals surface area (Å²) < 4.78 is 0.178. The summed E-state index contributed by atoms with van der Waals surface area (Å²) in [5.41, 5.74) is -0.723. The van der Waals surface area contributed by atoms with Crippen LogP contribution in [-0.4, -0.2) is 22.3 Å². The van der Waals surface area contributed by atoms with E-state index < -0.39 is 16.6 Å². The van der Waals surface area contributed by atoms with Gasteiger partial charge in [0.1, 0.15) is 5.56 Å². The van der Waals surface area contributed by atoms with Gasteiger partial charge in [-0.1, -0.05) is 0 Å². The standard InChI is InChI=1S/C8H6BrNO4S/c1-15-4-2-5(8(11)12)7(10(13)14)6(9)3-4/h2-3H,1H3,(H,11,12). The lowest BCUT2D eigenvalue weighted by Gasteiger charge is -2.03. The molecule has 0 amide bonds. The van der Waals surface area contributed by atoms with Crippen LogP contribution in [0.15, 0.2) is 21.5 Å². The second kappa shape index (κ2) is 4.63. The maximum atomic E-state index is 10.8. The lowest BCUT2D eigenvalue weighted by molar-refractivity contribution is -0.386. The van der Waals surface area contributed by atoms with Crippen LogP contribution in [0.1, 0.15) is 10.4 Å². The molecule has 0 saturated heterocycles. The zero-order valence-corrected chi connectivity index (χ0v) is 9.96. The van der Waals surface area contributed by atoms with Crippen molar-refractivity contribution < 1.29 is 14.8 Å². The Morgan fingerprint density at radius 1 is 1.60 bits per heavy atom. The monoisotopic (exact) mass is 291 g/mol. The number of rotatable bonds is 3. The molecule has 1 rings (SSSR count). The summed E-state index contributed by atoms with van der Waals surface area (Å²) in [5.74, 6) is -1.31. The van der Waals surface area contributed by atoms with E-state index in [1.165, 1.54) is 23.9 Å². The molecule has 0 heterocycles. The number of carboxylic acids is 1. The topological polar surface area (TPSA) is 80.4 Å². The molecule has 0 saturated carbocycles. The Morgan fingerprint density at radius 3 is 2.60 bits per heavy atom. The van der Waals surface area contributed by atoms with Gasteiger partial charge in [-0.15, -0.1) is 11.8 Å². The molecule has 0 aliphatic carbocycles. The third-order valence-corrected chi connectivity index (χ3v) is 3.00. The van der Waals surface area contributed by atoms with Crippen LogP contribution >= 0.6 is 27.7 Å². The maximum absolute atomic E-state index is 10.8. The van der Waals surface area contributed by atoms with Gasteiger partial charge in [0.2, 0.25) is 0 Å². The van der Waals surface area contributed by atoms with Crippen LogP contribution in [0.2, 0.25) is 0 Å². The summed E-state index contributed by atoms with van der Waals surface area (Å²) in [6, 6.07) is 2.81. The Hall–Kier alpha value is -1.08. The quantitative estimate of drug-likeness (QED) is 0.526. The highest BCUT2D eigenvalue weighted by molar-refractivity contribution is 9.10. The largest absolute Gasteiger partial charge is 0.477 e. The summed E-state index contributed by atoms with van der Waals surface area (Å²) in [4.78, 5) is 21.4. The van der Waals surface area contributed by atoms with Crippen molar-refractivity contribution in [3.63, 3.8) is 0 Å². The Bertz CT molecular complexity index is 435. The SMILES string of the molecule is CSc1cc(Br)c([N+](=O)[O-])c(C(=O)O)c1. The van der Waals surface area contributed by atoms with E-state index in [1.807, 2.05) is 0 Å². The smallest absolute Gasteiger partial charge is 0.342 e. The summed E-state index contributed by atoms with van der Waals surface area (Å²) in [6.45, 7) is 0. The molecule has 5 nitrogen and oxygen atoms in total. The third-order valence-electron chi connectivity index (χ3n) is 1.69. The second-order valence-electron chi connectivity index (χ2n) is 2.57. The van der Waals surface area contributed by atoms with Crippen molar-refractivity contribution in [1.29, 1.82) is 0 Å². The van der Waals surface area contributed by atoms with Gasteiger partial charge in [0.05, 0.1) is 9.40 Å². The average Bonchev–Trinajstić information content (AvgIpc) is 2.15. The van der Waals surface area contributed by atoms with Gasteiger partial charge in [-0.3, -0.25) is 10.1 Å². The number of hydrogen-bond acceptors (Lipinski definition) is 4. The molecule has 0 unspecified atom stereocenters. The van der Waals surface area contributed by atoms with E-state index in [0.29, 0.717) is 4.90 Å². The Labute approximate surface area is 97.8 Å². The van der Waals surface area contributed by atoms with Crippen molar-refractivity contribution >= 4 is 39.3 Å². The van der Waals surface area contributed by atoms with E-state index in [0.717, 1.165) is 0 Å². The summed E-state index contributed by atoms with van der Waals surface area (Å²) in [5, 5.41) is 19.5. The number of nitro benzene ring substituents is 1. The van der Waals surface area contributed by atoms with E-state index >= 15 is 0 Å². The molecule has 1 N–H and O–H groups in total. The lowest BCUT2D eigenvalue weighted by atomic mass is 10.2. The molecular formula is C8H6BrNO4S. The lowest BCUT2D eigenvalue weighted by Crippen LogP contribution is -2.03. The molecule has 1 aromatic rings. The van der Waals surface area contributed by atoms with Crippen LogP contribution in [0.25, 0.3) is 0 Å². The molecular weight excluding hydrogens is 286 g/mol. The van der Waals surface area contributed by atoms with Gasteiger partial charge in [-0.25, -0.2) is 4.79 Å². The maximum Gasteiger partial charge on any atom is 0.342 e. The molecule has 0 spiro atoms. The number of nitro groups is 1. The van der Waals surface area contributed by atoms with Crippen LogP contribution in [0, 0.1) is 10.1 Å². The third kappa shape index (κ3) is 2.48. The molecule has 0 aliphatic heterocycles. The first-order chi connectivity index (χ1) is 6.97. The first-order valence-corrected chi connectivity index (χ1v) is 5.74. The Balaban J connectivity index is 3.49. The predicted molar refractivity (Wildman–Crippen MR) is 59.5 cm³/mol. The van der Waals surface area contributed by atoms with Gasteiger partial charge < -0.3 is 5.11 Å². The molecule has 15 heavy (non-hydrogen) atoms. The van der Waals surface area contributed by atoms with Gasteiger partial charge in [0.15, 0.2) is 0 Å².